The Morgan fingerprint density at radius 3 is 2.60 bits per heavy atom. The van der Waals surface area contributed by atoms with E-state index >= 15 is 0 Å². The lowest BCUT2D eigenvalue weighted by Crippen LogP contribution is -2.26. The molecule has 1 spiro atoms. The van der Waals surface area contributed by atoms with Gasteiger partial charge in [0, 0.05) is 5.41 Å². The number of benzene rings is 1. The quantitative estimate of drug-likeness (QED) is 0.861. The average molecular weight is 294 g/mol. The molecule has 2 fully saturated rings. The van der Waals surface area contributed by atoms with E-state index in [4.69, 9.17) is 21.1 Å². The minimum absolute atomic E-state index is 0.261. The molecule has 4 heteroatoms. The summed E-state index contributed by atoms with van der Waals surface area (Å²) in [6.07, 6.45) is 4.75. The summed E-state index contributed by atoms with van der Waals surface area (Å²) in [7, 11) is 0. The molecule has 1 N–H and O–H groups in total. The lowest BCUT2D eigenvalue weighted by atomic mass is 9.90. The molecule has 0 radical (unpaired) electrons. The number of hydrogen-bond acceptors (Lipinski definition) is 3. The van der Waals surface area contributed by atoms with E-state index in [2.05, 4.69) is 17.4 Å². The van der Waals surface area contributed by atoms with Crippen molar-refractivity contribution in [3.63, 3.8) is 0 Å². The van der Waals surface area contributed by atoms with Crippen molar-refractivity contribution in [3.05, 3.63) is 22.7 Å². The SMILES string of the molecule is Clc1cc(C2CCNCC2)cc2c1OCC1(CC1)CO2. The smallest absolute Gasteiger partial charge is 0.179 e. The van der Waals surface area contributed by atoms with E-state index < -0.39 is 0 Å². The molecule has 3 aliphatic rings. The van der Waals surface area contributed by atoms with Crippen LogP contribution in [0.1, 0.15) is 37.2 Å². The minimum atomic E-state index is 0.261. The average Bonchev–Trinajstić information content (AvgIpc) is 3.27. The van der Waals surface area contributed by atoms with Crippen LogP contribution >= 0.6 is 11.6 Å². The van der Waals surface area contributed by atoms with Gasteiger partial charge in [-0.3, -0.25) is 0 Å². The van der Waals surface area contributed by atoms with Crippen molar-refractivity contribution in [1.82, 2.24) is 5.32 Å². The Hall–Kier alpha value is -0.930. The third kappa shape index (κ3) is 2.27. The Kier molecular flexibility index (Phi) is 3.08. The first kappa shape index (κ1) is 12.8. The van der Waals surface area contributed by atoms with Crippen LogP contribution in [0.4, 0.5) is 0 Å². The van der Waals surface area contributed by atoms with E-state index in [1.807, 2.05) is 0 Å². The summed E-state index contributed by atoms with van der Waals surface area (Å²) in [5.74, 6) is 2.17. The Balaban J connectivity index is 1.64. The van der Waals surface area contributed by atoms with Crippen LogP contribution in [0.5, 0.6) is 11.5 Å². The van der Waals surface area contributed by atoms with Crippen LogP contribution in [0.15, 0.2) is 12.1 Å². The third-order valence-electron chi connectivity index (χ3n) is 4.86. The Morgan fingerprint density at radius 2 is 1.85 bits per heavy atom. The Labute approximate surface area is 124 Å². The monoisotopic (exact) mass is 293 g/mol. The predicted molar refractivity (Wildman–Crippen MR) is 79.0 cm³/mol. The van der Waals surface area contributed by atoms with Crippen molar-refractivity contribution < 1.29 is 9.47 Å². The molecule has 1 aromatic carbocycles. The predicted octanol–water partition coefficient (Wildman–Crippen LogP) is 3.36. The van der Waals surface area contributed by atoms with Crippen LogP contribution in [0.2, 0.25) is 5.02 Å². The van der Waals surface area contributed by atoms with Crippen LogP contribution in [0, 0.1) is 5.41 Å². The molecule has 0 bridgehead atoms. The molecule has 1 aromatic rings. The molecule has 0 unspecified atom stereocenters. The molecular formula is C16H20ClNO2. The second-order valence-electron chi connectivity index (χ2n) is 6.43. The van der Waals surface area contributed by atoms with Gasteiger partial charge in [0.1, 0.15) is 0 Å². The van der Waals surface area contributed by atoms with Crippen molar-refractivity contribution in [2.24, 2.45) is 5.41 Å². The number of fused-ring (bicyclic) bond motifs is 1. The third-order valence-corrected chi connectivity index (χ3v) is 5.14. The van der Waals surface area contributed by atoms with Crippen LogP contribution in [0.25, 0.3) is 0 Å². The zero-order valence-corrected chi connectivity index (χ0v) is 12.3. The van der Waals surface area contributed by atoms with Crippen LogP contribution < -0.4 is 14.8 Å². The molecule has 0 atom stereocenters. The molecule has 2 aliphatic heterocycles. The van der Waals surface area contributed by atoms with Crippen molar-refractivity contribution in [2.75, 3.05) is 26.3 Å². The molecule has 1 saturated carbocycles. The maximum absolute atomic E-state index is 6.43. The fourth-order valence-electron chi connectivity index (χ4n) is 3.19. The van der Waals surface area contributed by atoms with Crippen LogP contribution in [-0.4, -0.2) is 26.3 Å². The standard InChI is InChI=1S/C16H20ClNO2/c17-13-7-12(11-1-5-18-6-2-11)8-14-15(13)20-10-16(3-4-16)9-19-14/h7-8,11,18H,1-6,9-10H2. The summed E-state index contributed by atoms with van der Waals surface area (Å²) in [6.45, 7) is 3.68. The molecule has 3 nitrogen and oxygen atoms in total. The number of rotatable bonds is 1. The lowest BCUT2D eigenvalue weighted by Gasteiger charge is -2.24. The second kappa shape index (κ2) is 4.81. The number of piperidine rings is 1. The van der Waals surface area contributed by atoms with Gasteiger partial charge in [-0.05, 0) is 62.4 Å². The van der Waals surface area contributed by atoms with Gasteiger partial charge >= 0.3 is 0 Å². The van der Waals surface area contributed by atoms with Gasteiger partial charge in [-0.15, -0.1) is 0 Å². The van der Waals surface area contributed by atoms with Crippen molar-refractivity contribution in [1.29, 1.82) is 0 Å². The van der Waals surface area contributed by atoms with E-state index in [1.54, 1.807) is 0 Å². The number of halogens is 1. The Bertz CT molecular complexity index is 521. The highest BCUT2D eigenvalue weighted by atomic mass is 35.5. The first-order valence-electron chi connectivity index (χ1n) is 7.56. The van der Waals surface area contributed by atoms with Gasteiger partial charge in [-0.25, -0.2) is 0 Å². The molecule has 2 heterocycles. The van der Waals surface area contributed by atoms with Crippen LogP contribution in [0.3, 0.4) is 0 Å². The topological polar surface area (TPSA) is 30.5 Å². The summed E-state index contributed by atoms with van der Waals surface area (Å²) in [5, 5.41) is 4.10. The second-order valence-corrected chi connectivity index (χ2v) is 6.84. The van der Waals surface area contributed by atoms with Crippen molar-refractivity contribution >= 4 is 11.6 Å². The highest BCUT2D eigenvalue weighted by Crippen LogP contribution is 2.51. The fraction of sp³-hybridized carbons (Fsp3) is 0.625. The number of nitrogens with one attached hydrogen (secondary N) is 1. The summed E-state index contributed by atoms with van der Waals surface area (Å²) in [4.78, 5) is 0. The van der Waals surface area contributed by atoms with Gasteiger partial charge in [0.15, 0.2) is 11.5 Å². The van der Waals surface area contributed by atoms with E-state index in [9.17, 15) is 0 Å². The highest BCUT2D eigenvalue weighted by molar-refractivity contribution is 6.32. The molecule has 108 valence electrons. The van der Waals surface area contributed by atoms with Crippen molar-refractivity contribution in [3.8, 4) is 11.5 Å². The van der Waals surface area contributed by atoms with Gasteiger partial charge in [-0.1, -0.05) is 11.6 Å². The largest absolute Gasteiger partial charge is 0.489 e. The maximum Gasteiger partial charge on any atom is 0.179 e. The molecule has 4 rings (SSSR count). The van der Waals surface area contributed by atoms with E-state index in [1.165, 1.54) is 31.2 Å². The number of hydrogen-bond donors (Lipinski definition) is 1. The van der Waals surface area contributed by atoms with Gasteiger partial charge in [0.25, 0.3) is 0 Å². The molecule has 0 aromatic heterocycles. The number of ether oxygens (including phenoxy) is 2. The summed E-state index contributed by atoms with van der Waals surface area (Å²) in [6, 6.07) is 4.23. The molecule has 0 amide bonds. The normalized spacial score (nSPS) is 24.4. The first-order valence-corrected chi connectivity index (χ1v) is 7.93. The summed E-state index contributed by atoms with van der Waals surface area (Å²) < 4.78 is 11.9. The highest BCUT2D eigenvalue weighted by Gasteiger charge is 2.46. The summed E-state index contributed by atoms with van der Waals surface area (Å²) >= 11 is 6.43. The van der Waals surface area contributed by atoms with Crippen molar-refractivity contribution in [2.45, 2.75) is 31.6 Å². The minimum Gasteiger partial charge on any atom is -0.489 e. The summed E-state index contributed by atoms with van der Waals surface area (Å²) in [5.41, 5.74) is 1.56. The fourth-order valence-corrected chi connectivity index (χ4v) is 3.46. The van der Waals surface area contributed by atoms with Gasteiger partial charge in [-0.2, -0.15) is 0 Å². The van der Waals surface area contributed by atoms with Gasteiger partial charge in [0.05, 0.1) is 18.2 Å². The van der Waals surface area contributed by atoms with E-state index in [-0.39, 0.29) is 5.41 Å². The molecule has 20 heavy (non-hydrogen) atoms. The van der Waals surface area contributed by atoms with E-state index in [0.29, 0.717) is 10.9 Å². The van der Waals surface area contributed by atoms with E-state index in [0.717, 1.165) is 37.8 Å². The molecule has 1 saturated heterocycles. The molecular weight excluding hydrogens is 274 g/mol. The zero-order valence-electron chi connectivity index (χ0n) is 11.6. The molecule has 1 aliphatic carbocycles. The van der Waals surface area contributed by atoms with Gasteiger partial charge < -0.3 is 14.8 Å². The Morgan fingerprint density at radius 1 is 1.10 bits per heavy atom. The lowest BCUT2D eigenvalue weighted by molar-refractivity contribution is 0.197. The maximum atomic E-state index is 6.43. The van der Waals surface area contributed by atoms with Crippen LogP contribution in [-0.2, 0) is 0 Å². The zero-order chi connectivity index (χ0) is 13.6. The van der Waals surface area contributed by atoms with Gasteiger partial charge in [0.2, 0.25) is 0 Å². The first-order chi connectivity index (χ1) is 9.76.